The van der Waals surface area contributed by atoms with Crippen LogP contribution in [0.1, 0.15) is 67.7 Å². The Labute approximate surface area is 144 Å². The largest absolute Gasteiger partial charge is 0.370 e. The molecule has 23 heavy (non-hydrogen) atoms. The van der Waals surface area contributed by atoms with Gasteiger partial charge in [0, 0.05) is 6.54 Å². The van der Waals surface area contributed by atoms with E-state index in [1.165, 1.54) is 44.6 Å². The highest BCUT2D eigenvalue weighted by atomic mass is 19.1. The fourth-order valence-electron chi connectivity index (χ4n) is 1.71. The molecule has 1 aliphatic heterocycles. The Kier molecular flexibility index (Phi) is 26.9. The molecule has 1 fully saturated rings. The van der Waals surface area contributed by atoms with Crippen LogP contribution in [-0.4, -0.2) is 36.6 Å². The molecule has 1 saturated heterocycles. The molecule has 0 unspecified atom stereocenters. The molecule has 0 atom stereocenters. The normalized spacial score (nSPS) is 12.6. The molecule has 2 heterocycles. The van der Waals surface area contributed by atoms with E-state index in [-0.39, 0.29) is 5.82 Å². The van der Waals surface area contributed by atoms with Crippen molar-refractivity contribution in [2.24, 2.45) is 0 Å². The van der Waals surface area contributed by atoms with E-state index in [0.717, 1.165) is 6.54 Å². The summed E-state index contributed by atoms with van der Waals surface area (Å²) < 4.78 is 12.2. The molecule has 1 aromatic heterocycles. The maximum absolute atomic E-state index is 12.2. The predicted molar refractivity (Wildman–Crippen MR) is 104 cm³/mol. The van der Waals surface area contributed by atoms with Crippen LogP contribution in [0.2, 0.25) is 0 Å². The Balaban J connectivity index is -0.000000270. The second-order valence-corrected chi connectivity index (χ2v) is 4.26. The summed E-state index contributed by atoms with van der Waals surface area (Å²) in [6.45, 7) is 17.4. The van der Waals surface area contributed by atoms with Crippen LogP contribution < -0.4 is 5.32 Å². The third-order valence-electron chi connectivity index (χ3n) is 2.66. The topological polar surface area (TPSA) is 28.2 Å². The lowest BCUT2D eigenvalue weighted by Crippen LogP contribution is -2.24. The molecular weight excluding hydrogens is 289 g/mol. The Hall–Kier alpha value is -1.16. The Bertz CT molecular complexity index is 296. The van der Waals surface area contributed by atoms with Crippen LogP contribution in [0.15, 0.2) is 18.3 Å². The van der Waals surface area contributed by atoms with Crippen molar-refractivity contribution in [2.45, 2.75) is 67.7 Å². The molecule has 138 valence electrons. The number of halogens is 1. The van der Waals surface area contributed by atoms with E-state index < -0.39 is 0 Å². The molecule has 0 aliphatic carbocycles. The zero-order valence-electron chi connectivity index (χ0n) is 16.7. The summed E-state index contributed by atoms with van der Waals surface area (Å²) in [6.07, 6.45) is 5.47. The minimum Gasteiger partial charge on any atom is -0.370 e. The molecule has 1 N–H and O–H groups in total. The molecule has 0 saturated carbocycles. The summed E-state index contributed by atoms with van der Waals surface area (Å²) in [5.74, 6) is 0.408. The van der Waals surface area contributed by atoms with Gasteiger partial charge in [-0.05, 0) is 52.0 Å². The first-order chi connectivity index (χ1) is 11.2. The smallest absolute Gasteiger partial charge is 0.141 e. The van der Waals surface area contributed by atoms with Gasteiger partial charge in [-0.3, -0.25) is 0 Å². The van der Waals surface area contributed by atoms with Gasteiger partial charge in [0.15, 0.2) is 0 Å². The Morgan fingerprint density at radius 3 is 1.83 bits per heavy atom. The van der Waals surface area contributed by atoms with Crippen molar-refractivity contribution in [3.05, 3.63) is 24.1 Å². The summed E-state index contributed by atoms with van der Waals surface area (Å²) in [4.78, 5) is 6.17. The first kappa shape index (κ1) is 26.7. The first-order valence-electron chi connectivity index (χ1n) is 9.26. The fourth-order valence-corrected chi connectivity index (χ4v) is 1.71. The summed E-state index contributed by atoms with van der Waals surface area (Å²) in [5.41, 5.74) is 0. The molecule has 0 bridgehead atoms. The molecule has 4 heteroatoms. The van der Waals surface area contributed by atoms with Gasteiger partial charge >= 0.3 is 0 Å². The van der Waals surface area contributed by atoms with Crippen LogP contribution in [0.25, 0.3) is 0 Å². The monoisotopic (exact) mass is 329 g/mol. The van der Waals surface area contributed by atoms with Crippen molar-refractivity contribution in [1.82, 2.24) is 9.88 Å². The number of anilines is 1. The molecule has 3 nitrogen and oxygen atoms in total. The molecule has 1 aliphatic rings. The summed E-state index contributed by atoms with van der Waals surface area (Å²) in [6, 6.07) is 2.99. The lowest BCUT2D eigenvalue weighted by molar-refractivity contribution is 0.277. The van der Waals surface area contributed by atoms with Gasteiger partial charge in [-0.15, -0.1) is 0 Å². The third-order valence-corrected chi connectivity index (χ3v) is 2.66. The molecule has 0 amide bonds. The number of hydrogen-bond acceptors (Lipinski definition) is 3. The Morgan fingerprint density at radius 1 is 1.00 bits per heavy atom. The quantitative estimate of drug-likeness (QED) is 0.739. The molecule has 0 aromatic carbocycles. The second-order valence-electron chi connectivity index (χ2n) is 4.26. The van der Waals surface area contributed by atoms with Crippen LogP contribution in [0.4, 0.5) is 10.2 Å². The van der Waals surface area contributed by atoms with E-state index in [2.05, 4.69) is 22.2 Å². The van der Waals surface area contributed by atoms with Crippen molar-refractivity contribution in [1.29, 1.82) is 0 Å². The van der Waals surface area contributed by atoms with Gasteiger partial charge in [0.05, 0.1) is 6.20 Å². The van der Waals surface area contributed by atoms with Gasteiger partial charge in [0.25, 0.3) is 0 Å². The third kappa shape index (κ3) is 18.8. The summed E-state index contributed by atoms with van der Waals surface area (Å²) in [7, 11) is 2.19. The first-order valence-corrected chi connectivity index (χ1v) is 9.26. The summed E-state index contributed by atoms with van der Waals surface area (Å²) in [5, 5.41) is 2.96. The highest BCUT2D eigenvalue weighted by molar-refractivity contribution is 5.32. The van der Waals surface area contributed by atoms with E-state index in [1.807, 2.05) is 48.5 Å². The maximum Gasteiger partial charge on any atom is 0.141 e. The highest BCUT2D eigenvalue weighted by Crippen LogP contribution is 2.04. The van der Waals surface area contributed by atoms with E-state index in [0.29, 0.717) is 5.82 Å². The van der Waals surface area contributed by atoms with Crippen molar-refractivity contribution in [3.63, 3.8) is 0 Å². The lowest BCUT2D eigenvalue weighted by atomic mass is 10.1. The van der Waals surface area contributed by atoms with Crippen LogP contribution >= 0.6 is 0 Å². The molecule has 1 aromatic rings. The van der Waals surface area contributed by atoms with Gasteiger partial charge in [0.1, 0.15) is 11.6 Å². The van der Waals surface area contributed by atoms with Crippen molar-refractivity contribution >= 4 is 5.82 Å². The zero-order chi connectivity index (χ0) is 18.5. The van der Waals surface area contributed by atoms with Crippen LogP contribution in [0.5, 0.6) is 0 Å². The van der Waals surface area contributed by atoms with Gasteiger partial charge < -0.3 is 10.2 Å². The van der Waals surface area contributed by atoms with Crippen molar-refractivity contribution in [2.75, 3.05) is 32.0 Å². The molecule has 2 rings (SSSR count). The van der Waals surface area contributed by atoms with Crippen molar-refractivity contribution in [3.8, 4) is 0 Å². The molecule has 0 spiro atoms. The van der Waals surface area contributed by atoms with Crippen LogP contribution in [-0.2, 0) is 0 Å². The zero-order valence-corrected chi connectivity index (χ0v) is 16.7. The maximum atomic E-state index is 12.2. The number of likely N-dealkylation sites (tertiary alicyclic amines) is 1. The number of nitrogens with zero attached hydrogens (tertiary/aromatic N) is 2. The predicted octanol–water partition coefficient (Wildman–Crippen LogP) is 5.83. The SMILES string of the molecule is CC.CC.CC.CCNc1ccc(F)cn1.CN1CCCCC1. The molecule has 0 radical (unpaired) electrons. The number of piperidine rings is 1. The standard InChI is InChI=1S/C7H9FN2.C6H13N.3C2H6/c1-2-9-7-4-3-6(8)5-10-7;1-7-5-3-2-4-6-7;3*1-2/h3-5H,2H2,1H3,(H,9,10);2-6H2,1H3;3*1-2H3. The second kappa shape index (κ2) is 23.1. The summed E-state index contributed by atoms with van der Waals surface area (Å²) >= 11 is 0. The van der Waals surface area contributed by atoms with E-state index in [1.54, 1.807) is 6.07 Å². The van der Waals surface area contributed by atoms with Crippen LogP contribution in [0.3, 0.4) is 0 Å². The van der Waals surface area contributed by atoms with E-state index >= 15 is 0 Å². The van der Waals surface area contributed by atoms with E-state index in [4.69, 9.17) is 0 Å². The van der Waals surface area contributed by atoms with Crippen LogP contribution in [0, 0.1) is 5.82 Å². The minimum absolute atomic E-state index is 0.304. The number of rotatable bonds is 2. The van der Waals surface area contributed by atoms with Gasteiger partial charge in [-0.1, -0.05) is 48.0 Å². The fraction of sp³-hybridized carbons (Fsp3) is 0.737. The van der Waals surface area contributed by atoms with Gasteiger partial charge in [0.2, 0.25) is 0 Å². The lowest BCUT2D eigenvalue weighted by Gasteiger charge is -2.20. The number of hydrogen-bond donors (Lipinski definition) is 1. The van der Waals surface area contributed by atoms with Gasteiger partial charge in [-0.25, -0.2) is 9.37 Å². The highest BCUT2D eigenvalue weighted by Gasteiger charge is 2.02. The van der Waals surface area contributed by atoms with Gasteiger partial charge in [-0.2, -0.15) is 0 Å². The average Bonchev–Trinajstić information content (AvgIpc) is 2.64. The van der Waals surface area contributed by atoms with E-state index in [9.17, 15) is 4.39 Å². The number of aromatic nitrogens is 1. The number of pyridine rings is 1. The Morgan fingerprint density at radius 2 is 1.52 bits per heavy atom. The average molecular weight is 330 g/mol. The molecular formula is C19H40FN3. The van der Waals surface area contributed by atoms with Crippen molar-refractivity contribution < 1.29 is 4.39 Å². The number of nitrogens with one attached hydrogen (secondary N) is 1. The minimum atomic E-state index is -0.304.